The molecule has 1 aromatic heterocycles. The molecule has 14 heteroatoms. The average Bonchev–Trinajstić information content (AvgIpc) is 2.99. The van der Waals surface area contributed by atoms with E-state index in [0.29, 0.717) is 28.4 Å². The first-order valence-electron chi connectivity index (χ1n) is 15.0. The number of carbonyl (C=O) groups excluding carboxylic acids is 1. The molecular formula is C35H37N5O7S2. The fourth-order valence-corrected chi connectivity index (χ4v) is 6.11. The van der Waals surface area contributed by atoms with Gasteiger partial charge in [0.05, 0.1) is 36.5 Å². The van der Waals surface area contributed by atoms with Crippen molar-refractivity contribution in [1.29, 1.82) is 0 Å². The number of methoxy groups -OCH3 is 1. The number of hydrogen-bond donors (Lipinski definition) is 3. The maximum Gasteiger partial charge on any atom is 0.306 e. The molecule has 0 saturated carbocycles. The van der Waals surface area contributed by atoms with Crippen molar-refractivity contribution < 1.29 is 30.6 Å². The van der Waals surface area contributed by atoms with E-state index in [1.54, 1.807) is 42.6 Å². The zero-order chi connectivity index (χ0) is 35.7. The molecule has 5 rings (SSSR count). The third-order valence-corrected chi connectivity index (χ3v) is 8.52. The number of benzene rings is 4. The van der Waals surface area contributed by atoms with Gasteiger partial charge in [-0.05, 0) is 83.1 Å². The molecule has 4 aromatic carbocycles. The van der Waals surface area contributed by atoms with Crippen LogP contribution in [0.2, 0.25) is 0 Å². The summed E-state index contributed by atoms with van der Waals surface area (Å²) in [6.07, 6.45) is 3.70. The molecule has 0 fully saturated rings. The van der Waals surface area contributed by atoms with Crippen LogP contribution in [0.15, 0.2) is 79.0 Å². The largest absolute Gasteiger partial charge is 0.492 e. The Kier molecular flexibility index (Phi) is 9.57. The first kappa shape index (κ1) is 35.1. The van der Waals surface area contributed by atoms with Crippen LogP contribution in [0, 0.1) is 6.92 Å². The predicted molar refractivity (Wildman–Crippen MR) is 193 cm³/mol. The standard InChI is InChI=1S/C35H37N5O7S2/c1-21-11-12-23(33(41)38-30-17-25(35(2,3)4)18-31(32(30)46-5)40-48(6,42)43)16-28(21)22-13-14-29-24(15-22)20-36-34(39-29)37-26-9-8-10-27(19-26)47-49(7,44)45/h8-20,40H,1-7H3,(H,38,41)(H,36,37,39). The Morgan fingerprint density at radius 1 is 0.878 bits per heavy atom. The normalized spacial score (nSPS) is 12.0. The molecule has 1 amide bonds. The highest BCUT2D eigenvalue weighted by Gasteiger charge is 2.23. The van der Waals surface area contributed by atoms with Crippen molar-refractivity contribution in [2.75, 3.05) is 35.0 Å². The van der Waals surface area contributed by atoms with Gasteiger partial charge in [0, 0.05) is 28.9 Å². The molecule has 0 radical (unpaired) electrons. The monoisotopic (exact) mass is 703 g/mol. The summed E-state index contributed by atoms with van der Waals surface area (Å²) in [6.45, 7) is 7.91. The lowest BCUT2D eigenvalue weighted by Gasteiger charge is -2.24. The number of aromatic nitrogens is 2. The maximum atomic E-state index is 13.7. The number of rotatable bonds is 10. The summed E-state index contributed by atoms with van der Waals surface area (Å²) >= 11 is 0. The Morgan fingerprint density at radius 2 is 1.61 bits per heavy atom. The summed E-state index contributed by atoms with van der Waals surface area (Å²) in [5.74, 6) is 0.266. The quantitative estimate of drug-likeness (QED) is 0.135. The SMILES string of the molecule is COc1c(NC(=O)c2ccc(C)c(-c3ccc4nc(Nc5cccc(OS(C)(=O)=O)c5)ncc4c3)c2)cc(C(C)(C)C)cc1NS(C)(=O)=O. The van der Waals surface area contributed by atoms with E-state index in [-0.39, 0.29) is 22.6 Å². The smallest absolute Gasteiger partial charge is 0.306 e. The molecule has 1 heterocycles. The lowest BCUT2D eigenvalue weighted by molar-refractivity contribution is 0.102. The van der Waals surface area contributed by atoms with Crippen LogP contribution in [-0.2, 0) is 25.6 Å². The van der Waals surface area contributed by atoms with E-state index >= 15 is 0 Å². The van der Waals surface area contributed by atoms with Gasteiger partial charge in [0.1, 0.15) is 5.75 Å². The molecule has 256 valence electrons. The van der Waals surface area contributed by atoms with E-state index in [1.165, 1.54) is 19.2 Å². The molecular weight excluding hydrogens is 667 g/mol. The van der Waals surface area contributed by atoms with Gasteiger partial charge in [-0.3, -0.25) is 9.52 Å². The Bertz CT molecular complexity index is 2300. The number of anilines is 4. The number of nitrogens with one attached hydrogen (secondary N) is 3. The number of aryl methyl sites for hydroxylation is 1. The summed E-state index contributed by atoms with van der Waals surface area (Å²) in [7, 11) is -5.89. The summed E-state index contributed by atoms with van der Waals surface area (Å²) in [5, 5.41) is 6.75. The van der Waals surface area contributed by atoms with Gasteiger partial charge < -0.3 is 19.6 Å². The second-order valence-corrected chi connectivity index (χ2v) is 15.9. The van der Waals surface area contributed by atoms with Crippen LogP contribution in [0.25, 0.3) is 22.0 Å². The van der Waals surface area contributed by atoms with Crippen LogP contribution < -0.4 is 24.3 Å². The molecule has 0 aliphatic heterocycles. The Balaban J connectivity index is 1.42. The van der Waals surface area contributed by atoms with Crippen LogP contribution in [0.1, 0.15) is 42.3 Å². The second-order valence-electron chi connectivity index (χ2n) is 12.6. The third kappa shape index (κ3) is 8.83. The van der Waals surface area contributed by atoms with Gasteiger partial charge in [0.2, 0.25) is 16.0 Å². The van der Waals surface area contributed by atoms with Gasteiger partial charge in [0.25, 0.3) is 5.91 Å². The van der Waals surface area contributed by atoms with Crippen molar-refractivity contribution in [2.45, 2.75) is 33.1 Å². The topological polar surface area (TPSA) is 166 Å². The molecule has 0 aliphatic carbocycles. The van der Waals surface area contributed by atoms with E-state index in [0.717, 1.165) is 40.2 Å². The van der Waals surface area contributed by atoms with Gasteiger partial charge in [-0.25, -0.2) is 18.4 Å². The second kappa shape index (κ2) is 13.4. The predicted octanol–water partition coefficient (Wildman–Crippen LogP) is 6.62. The molecule has 5 aromatic rings. The number of hydrogen-bond acceptors (Lipinski definition) is 10. The number of carbonyl (C=O) groups is 1. The van der Waals surface area contributed by atoms with Crippen LogP contribution in [0.5, 0.6) is 11.5 Å². The van der Waals surface area contributed by atoms with Crippen molar-refractivity contribution in [1.82, 2.24) is 9.97 Å². The zero-order valence-corrected chi connectivity index (χ0v) is 29.7. The Labute approximate surface area is 286 Å². The summed E-state index contributed by atoms with van der Waals surface area (Å²) in [4.78, 5) is 22.7. The van der Waals surface area contributed by atoms with Crippen LogP contribution in [0.4, 0.5) is 23.0 Å². The third-order valence-electron chi connectivity index (χ3n) is 7.43. The van der Waals surface area contributed by atoms with Crippen molar-refractivity contribution in [3.05, 3.63) is 95.7 Å². The van der Waals surface area contributed by atoms with E-state index < -0.39 is 26.0 Å². The molecule has 49 heavy (non-hydrogen) atoms. The van der Waals surface area contributed by atoms with Gasteiger partial charge in [-0.15, -0.1) is 0 Å². The highest BCUT2D eigenvalue weighted by Crippen LogP contribution is 2.39. The molecule has 12 nitrogen and oxygen atoms in total. The van der Waals surface area contributed by atoms with Crippen molar-refractivity contribution >= 4 is 60.0 Å². The fourth-order valence-electron chi connectivity index (χ4n) is 5.11. The fraction of sp³-hybridized carbons (Fsp3) is 0.229. The average molecular weight is 704 g/mol. The molecule has 0 unspecified atom stereocenters. The molecule has 3 N–H and O–H groups in total. The van der Waals surface area contributed by atoms with Gasteiger partial charge in [0.15, 0.2) is 5.75 Å². The van der Waals surface area contributed by atoms with Crippen LogP contribution >= 0.6 is 0 Å². The Morgan fingerprint density at radius 3 is 2.29 bits per heavy atom. The highest BCUT2D eigenvalue weighted by molar-refractivity contribution is 7.92. The first-order valence-corrected chi connectivity index (χ1v) is 18.8. The zero-order valence-electron chi connectivity index (χ0n) is 28.1. The summed E-state index contributed by atoms with van der Waals surface area (Å²) < 4.78 is 60.3. The number of amides is 1. The van der Waals surface area contributed by atoms with Crippen molar-refractivity contribution in [2.24, 2.45) is 0 Å². The summed E-state index contributed by atoms with van der Waals surface area (Å²) in [6, 6.07) is 21.0. The minimum absolute atomic E-state index is 0.162. The molecule has 0 atom stereocenters. The van der Waals surface area contributed by atoms with Crippen LogP contribution in [0.3, 0.4) is 0 Å². The minimum Gasteiger partial charge on any atom is -0.492 e. The Hall–Kier alpha value is -5.21. The van der Waals surface area contributed by atoms with E-state index in [4.69, 9.17) is 8.92 Å². The van der Waals surface area contributed by atoms with E-state index in [9.17, 15) is 21.6 Å². The number of ether oxygens (including phenoxy) is 1. The maximum absolute atomic E-state index is 13.7. The van der Waals surface area contributed by atoms with Gasteiger partial charge >= 0.3 is 10.1 Å². The lowest BCUT2D eigenvalue weighted by Crippen LogP contribution is -2.18. The molecule has 0 saturated heterocycles. The van der Waals surface area contributed by atoms with Crippen molar-refractivity contribution in [3.8, 4) is 22.6 Å². The molecule has 0 bridgehead atoms. The molecule has 0 aliphatic rings. The number of nitrogens with zero attached hydrogens (tertiary/aromatic N) is 2. The summed E-state index contributed by atoms with van der Waals surface area (Å²) in [5.41, 5.74) is 5.22. The first-order chi connectivity index (χ1) is 22.9. The number of fused-ring (bicyclic) bond motifs is 1. The number of sulfonamides is 1. The van der Waals surface area contributed by atoms with E-state index in [2.05, 4.69) is 25.3 Å². The highest BCUT2D eigenvalue weighted by atomic mass is 32.2. The van der Waals surface area contributed by atoms with Gasteiger partial charge in [-0.2, -0.15) is 8.42 Å². The van der Waals surface area contributed by atoms with Crippen LogP contribution in [-0.4, -0.2) is 52.3 Å². The molecule has 0 spiro atoms. The van der Waals surface area contributed by atoms with E-state index in [1.807, 2.05) is 52.0 Å². The lowest BCUT2D eigenvalue weighted by atomic mass is 9.86. The minimum atomic E-state index is -3.67. The van der Waals surface area contributed by atoms with Crippen molar-refractivity contribution in [3.63, 3.8) is 0 Å². The van der Waals surface area contributed by atoms with Gasteiger partial charge in [-0.1, -0.05) is 39.0 Å².